The van der Waals surface area contributed by atoms with Crippen molar-refractivity contribution in [2.75, 3.05) is 19.8 Å². The molecule has 0 saturated carbocycles. The SMILES string of the molecule is CC/C=C\C/C=C\C/C=C\C/C=C\C/C=C\CCCC(=O)OCC(COCCCCCCCCCC/C=C\C/C=C\C/C=C\CC)OC(=O)CCCCCCC/C=C\CCCCCC. The summed E-state index contributed by atoms with van der Waals surface area (Å²) in [7, 11) is 0. The Morgan fingerprint density at radius 2 is 0.719 bits per heavy atom. The second kappa shape index (κ2) is 53.9. The number of hydrogen-bond acceptors (Lipinski definition) is 5. The van der Waals surface area contributed by atoms with Crippen LogP contribution in [0.25, 0.3) is 0 Å². The molecule has 5 nitrogen and oxygen atoms in total. The summed E-state index contributed by atoms with van der Waals surface area (Å²) in [5, 5.41) is 0. The Morgan fingerprint density at radius 1 is 0.359 bits per heavy atom. The zero-order chi connectivity index (χ0) is 46.3. The van der Waals surface area contributed by atoms with E-state index in [0.717, 1.165) is 103 Å². The number of allylic oxidation sites excluding steroid dienone is 18. The van der Waals surface area contributed by atoms with E-state index in [4.69, 9.17) is 14.2 Å². The zero-order valence-electron chi connectivity index (χ0n) is 41.8. The van der Waals surface area contributed by atoms with E-state index in [9.17, 15) is 9.59 Å². The summed E-state index contributed by atoms with van der Waals surface area (Å²) in [5.41, 5.74) is 0. The summed E-state index contributed by atoms with van der Waals surface area (Å²) >= 11 is 0. The maximum Gasteiger partial charge on any atom is 0.306 e. The van der Waals surface area contributed by atoms with Crippen LogP contribution in [-0.4, -0.2) is 37.9 Å². The molecule has 64 heavy (non-hydrogen) atoms. The quantitative estimate of drug-likeness (QED) is 0.0346. The normalized spacial score (nSPS) is 13.1. The summed E-state index contributed by atoms with van der Waals surface area (Å²) in [6.45, 7) is 7.50. The van der Waals surface area contributed by atoms with Crippen LogP contribution in [-0.2, 0) is 23.8 Å². The number of unbranched alkanes of at least 4 members (excludes halogenated alkanes) is 18. The first-order chi connectivity index (χ1) is 31.6. The maximum atomic E-state index is 12.8. The zero-order valence-corrected chi connectivity index (χ0v) is 41.8. The van der Waals surface area contributed by atoms with E-state index >= 15 is 0 Å². The Hall–Kier alpha value is -3.44. The first kappa shape index (κ1) is 60.6. The maximum absolute atomic E-state index is 12.8. The topological polar surface area (TPSA) is 61.8 Å². The number of esters is 2. The highest BCUT2D eigenvalue weighted by molar-refractivity contribution is 5.70. The minimum Gasteiger partial charge on any atom is -0.462 e. The van der Waals surface area contributed by atoms with Crippen molar-refractivity contribution >= 4 is 11.9 Å². The lowest BCUT2D eigenvalue weighted by molar-refractivity contribution is -0.163. The average Bonchev–Trinajstić information content (AvgIpc) is 3.30. The third-order valence-electron chi connectivity index (χ3n) is 10.8. The van der Waals surface area contributed by atoms with Crippen LogP contribution in [0.5, 0.6) is 0 Å². The molecule has 0 N–H and O–H groups in total. The fourth-order valence-corrected chi connectivity index (χ4v) is 6.91. The molecule has 0 aliphatic rings. The van der Waals surface area contributed by atoms with Gasteiger partial charge in [0.25, 0.3) is 0 Å². The van der Waals surface area contributed by atoms with Gasteiger partial charge < -0.3 is 14.2 Å². The van der Waals surface area contributed by atoms with Crippen molar-refractivity contribution in [3.05, 3.63) is 109 Å². The Balaban J connectivity index is 4.39. The van der Waals surface area contributed by atoms with E-state index in [1.54, 1.807) is 0 Å². The summed E-state index contributed by atoms with van der Waals surface area (Å²) in [5.74, 6) is -0.483. The van der Waals surface area contributed by atoms with Gasteiger partial charge in [0.15, 0.2) is 6.10 Å². The smallest absolute Gasteiger partial charge is 0.306 e. The van der Waals surface area contributed by atoms with Crippen molar-refractivity contribution in [2.45, 2.75) is 232 Å². The monoisotopic (exact) mass is 887 g/mol. The molecule has 0 aromatic carbocycles. The van der Waals surface area contributed by atoms with Gasteiger partial charge in [-0.05, 0) is 116 Å². The van der Waals surface area contributed by atoms with Crippen molar-refractivity contribution in [1.29, 1.82) is 0 Å². The fourth-order valence-electron chi connectivity index (χ4n) is 6.91. The molecule has 0 aliphatic carbocycles. The minimum absolute atomic E-state index is 0.0438. The van der Waals surface area contributed by atoms with E-state index in [1.165, 1.54) is 89.9 Å². The fraction of sp³-hybridized carbons (Fsp3) is 0.661. The molecule has 0 aliphatic heterocycles. The molecule has 0 amide bonds. The molecule has 0 rings (SSSR count). The van der Waals surface area contributed by atoms with Crippen LogP contribution in [0, 0.1) is 0 Å². The molecule has 1 unspecified atom stereocenters. The summed E-state index contributed by atoms with van der Waals surface area (Å²) in [4.78, 5) is 25.4. The second-order valence-electron chi connectivity index (χ2n) is 17.0. The van der Waals surface area contributed by atoms with Gasteiger partial charge in [-0.15, -0.1) is 0 Å². The van der Waals surface area contributed by atoms with Gasteiger partial charge in [0, 0.05) is 19.4 Å². The third-order valence-corrected chi connectivity index (χ3v) is 10.8. The van der Waals surface area contributed by atoms with E-state index in [2.05, 4.69) is 130 Å². The minimum atomic E-state index is -0.574. The molecule has 0 radical (unpaired) electrons. The van der Waals surface area contributed by atoms with Crippen molar-refractivity contribution < 1.29 is 23.8 Å². The predicted octanol–water partition coefficient (Wildman–Crippen LogP) is 18.0. The van der Waals surface area contributed by atoms with E-state index in [-0.39, 0.29) is 25.2 Å². The standard InChI is InChI=1S/C59H98O5/c1-4-7-10-13-16-19-22-25-27-29-31-33-36-39-42-45-48-51-54-62-55-57(64-59(61)53-50-47-44-41-38-34-24-21-18-15-12-9-6-3)56-63-58(60)52-49-46-43-40-37-35-32-30-28-26-23-20-17-14-11-8-5-2/h7-8,10-11,16-17,19-21,24-28,32,35,40,43,57H,4-6,9,12-15,18,22-23,29-31,33-34,36-39,41-42,44-56H2,1-3H3/b10-7-,11-8-,19-16-,20-17-,24-21-,27-25-,28-26-,35-32-,43-40-. The van der Waals surface area contributed by atoms with Gasteiger partial charge >= 0.3 is 11.9 Å². The molecule has 5 heteroatoms. The lowest BCUT2D eigenvalue weighted by Gasteiger charge is -2.18. The van der Waals surface area contributed by atoms with Gasteiger partial charge in [0.05, 0.1) is 6.61 Å². The van der Waals surface area contributed by atoms with Crippen LogP contribution in [0.4, 0.5) is 0 Å². The number of ether oxygens (including phenoxy) is 3. The molecule has 0 saturated heterocycles. The highest BCUT2D eigenvalue weighted by Gasteiger charge is 2.17. The Labute approximate surface area is 395 Å². The van der Waals surface area contributed by atoms with Crippen LogP contribution >= 0.6 is 0 Å². The van der Waals surface area contributed by atoms with Crippen LogP contribution in [0.2, 0.25) is 0 Å². The Morgan fingerprint density at radius 3 is 1.19 bits per heavy atom. The van der Waals surface area contributed by atoms with Gasteiger partial charge in [-0.3, -0.25) is 9.59 Å². The van der Waals surface area contributed by atoms with Gasteiger partial charge in [-0.25, -0.2) is 0 Å². The Bertz CT molecular complexity index is 1280. The Kier molecular flexibility index (Phi) is 51.0. The van der Waals surface area contributed by atoms with Gasteiger partial charge in [0.1, 0.15) is 6.61 Å². The highest BCUT2D eigenvalue weighted by atomic mass is 16.6. The third kappa shape index (κ3) is 51.2. The molecule has 364 valence electrons. The molecule has 1 atom stereocenters. The predicted molar refractivity (Wildman–Crippen MR) is 279 cm³/mol. The van der Waals surface area contributed by atoms with Crippen LogP contribution in [0.15, 0.2) is 109 Å². The van der Waals surface area contributed by atoms with Crippen LogP contribution in [0.1, 0.15) is 226 Å². The summed E-state index contributed by atoms with van der Waals surface area (Å²) in [6.07, 6.45) is 73.9. The van der Waals surface area contributed by atoms with Gasteiger partial charge in [0.2, 0.25) is 0 Å². The molecule has 0 aromatic heterocycles. The molecule has 0 fully saturated rings. The molecular weight excluding hydrogens is 789 g/mol. The molecule has 0 spiro atoms. The number of carbonyl (C=O) groups is 2. The largest absolute Gasteiger partial charge is 0.462 e. The summed E-state index contributed by atoms with van der Waals surface area (Å²) in [6, 6.07) is 0. The molecular formula is C59H98O5. The molecule has 0 bridgehead atoms. The van der Waals surface area contributed by atoms with E-state index in [0.29, 0.717) is 19.4 Å². The van der Waals surface area contributed by atoms with Crippen molar-refractivity contribution in [3.63, 3.8) is 0 Å². The second-order valence-corrected chi connectivity index (χ2v) is 17.0. The lowest BCUT2D eigenvalue weighted by Crippen LogP contribution is -2.30. The first-order valence-electron chi connectivity index (χ1n) is 26.4. The van der Waals surface area contributed by atoms with Crippen molar-refractivity contribution in [2.24, 2.45) is 0 Å². The average molecular weight is 887 g/mol. The number of rotatable bonds is 47. The first-order valence-corrected chi connectivity index (χ1v) is 26.4. The lowest BCUT2D eigenvalue weighted by atomic mass is 10.1. The van der Waals surface area contributed by atoms with Crippen molar-refractivity contribution in [1.82, 2.24) is 0 Å². The van der Waals surface area contributed by atoms with E-state index < -0.39 is 6.10 Å². The summed E-state index contributed by atoms with van der Waals surface area (Å²) < 4.78 is 17.4. The van der Waals surface area contributed by atoms with Crippen LogP contribution in [0.3, 0.4) is 0 Å². The van der Waals surface area contributed by atoms with Crippen LogP contribution < -0.4 is 0 Å². The highest BCUT2D eigenvalue weighted by Crippen LogP contribution is 2.13. The van der Waals surface area contributed by atoms with Gasteiger partial charge in [-0.2, -0.15) is 0 Å². The number of hydrogen-bond donors (Lipinski definition) is 0. The molecule has 0 aromatic rings. The van der Waals surface area contributed by atoms with Gasteiger partial charge in [-0.1, -0.05) is 207 Å². The number of carbonyl (C=O) groups excluding carboxylic acids is 2. The molecule has 0 heterocycles. The van der Waals surface area contributed by atoms with E-state index in [1.807, 2.05) is 0 Å². The van der Waals surface area contributed by atoms with Crippen molar-refractivity contribution in [3.8, 4) is 0 Å².